The fraction of sp³-hybridized carbons (Fsp3) is 0.125. The van der Waals surface area contributed by atoms with E-state index in [9.17, 15) is 0 Å². The van der Waals surface area contributed by atoms with Gasteiger partial charge in [0, 0.05) is 15.7 Å². The van der Waals surface area contributed by atoms with E-state index in [1.54, 1.807) is 13.3 Å². The summed E-state index contributed by atoms with van der Waals surface area (Å²) >= 11 is 8.64. The van der Waals surface area contributed by atoms with Gasteiger partial charge in [-0.25, -0.2) is 0 Å². The summed E-state index contributed by atoms with van der Waals surface area (Å²) in [5, 5.41) is 7.67. The van der Waals surface area contributed by atoms with Crippen LogP contribution in [0, 0.1) is 6.92 Å². The molecule has 22 heavy (non-hydrogen) atoms. The van der Waals surface area contributed by atoms with E-state index in [4.69, 9.17) is 17.0 Å². The Kier molecular flexibility index (Phi) is 5.91. The van der Waals surface area contributed by atoms with E-state index in [1.807, 2.05) is 49.4 Å². The van der Waals surface area contributed by atoms with Crippen molar-refractivity contribution in [2.75, 3.05) is 12.4 Å². The molecule has 6 heteroatoms. The van der Waals surface area contributed by atoms with Crippen molar-refractivity contribution in [2.45, 2.75) is 6.92 Å². The van der Waals surface area contributed by atoms with Gasteiger partial charge in [-0.2, -0.15) is 5.10 Å². The molecule has 0 aliphatic rings. The van der Waals surface area contributed by atoms with E-state index in [0.717, 1.165) is 27.0 Å². The van der Waals surface area contributed by atoms with Gasteiger partial charge in [-0.15, -0.1) is 0 Å². The average Bonchev–Trinajstić information content (AvgIpc) is 2.50. The molecule has 0 aliphatic carbocycles. The average molecular weight is 378 g/mol. The lowest BCUT2D eigenvalue weighted by Crippen LogP contribution is -2.24. The standard InChI is InChI=1S/C16H16BrN3OS/c1-11-5-3-4-6-14(11)19-16(22)20-18-10-12-9-13(17)7-8-15(12)21-2/h3-10H,1-2H3,(H2,19,20,22)/b18-10-. The first kappa shape index (κ1) is 16.5. The Morgan fingerprint density at radius 1 is 1.27 bits per heavy atom. The predicted molar refractivity (Wildman–Crippen MR) is 98.8 cm³/mol. The summed E-state index contributed by atoms with van der Waals surface area (Å²) in [7, 11) is 1.62. The molecular formula is C16H16BrN3OS. The van der Waals surface area contributed by atoms with Crippen LogP contribution in [0.5, 0.6) is 5.75 Å². The molecule has 0 bridgehead atoms. The number of nitrogens with one attached hydrogen (secondary N) is 2. The highest BCUT2D eigenvalue weighted by Gasteiger charge is 2.02. The van der Waals surface area contributed by atoms with Crippen LogP contribution < -0.4 is 15.5 Å². The zero-order valence-electron chi connectivity index (χ0n) is 12.3. The number of hydrazone groups is 1. The van der Waals surface area contributed by atoms with Gasteiger partial charge < -0.3 is 10.1 Å². The van der Waals surface area contributed by atoms with Crippen LogP contribution in [0.4, 0.5) is 5.69 Å². The molecule has 0 heterocycles. The molecule has 2 aromatic carbocycles. The Labute approximate surface area is 143 Å². The molecule has 0 saturated heterocycles. The van der Waals surface area contributed by atoms with Crippen molar-refractivity contribution in [3.05, 3.63) is 58.1 Å². The van der Waals surface area contributed by atoms with Gasteiger partial charge in [0.05, 0.1) is 13.3 Å². The van der Waals surface area contributed by atoms with Gasteiger partial charge in [0.1, 0.15) is 5.75 Å². The summed E-state index contributed by atoms with van der Waals surface area (Å²) < 4.78 is 6.23. The van der Waals surface area contributed by atoms with Crippen molar-refractivity contribution in [1.82, 2.24) is 5.43 Å². The zero-order valence-corrected chi connectivity index (χ0v) is 14.7. The van der Waals surface area contributed by atoms with Crippen molar-refractivity contribution in [3.63, 3.8) is 0 Å². The molecule has 0 unspecified atom stereocenters. The number of nitrogens with zero attached hydrogens (tertiary/aromatic N) is 1. The van der Waals surface area contributed by atoms with E-state index in [1.165, 1.54) is 0 Å². The smallest absolute Gasteiger partial charge is 0.191 e. The third-order valence-corrected chi connectivity index (χ3v) is 3.64. The van der Waals surface area contributed by atoms with Crippen LogP contribution in [-0.2, 0) is 0 Å². The predicted octanol–water partition coefficient (Wildman–Crippen LogP) is 4.09. The summed E-state index contributed by atoms with van der Waals surface area (Å²) in [5.41, 5.74) is 5.72. The number of hydrogen-bond donors (Lipinski definition) is 2. The Morgan fingerprint density at radius 2 is 2.05 bits per heavy atom. The number of halogens is 1. The number of hydrogen-bond acceptors (Lipinski definition) is 3. The van der Waals surface area contributed by atoms with E-state index in [0.29, 0.717) is 5.11 Å². The second-order valence-corrected chi connectivity index (χ2v) is 5.85. The van der Waals surface area contributed by atoms with E-state index >= 15 is 0 Å². The number of rotatable bonds is 4. The summed E-state index contributed by atoms with van der Waals surface area (Å²) in [4.78, 5) is 0. The molecule has 0 saturated carbocycles. The number of thiocarbonyl (C=S) groups is 1. The molecule has 0 aliphatic heterocycles. The zero-order chi connectivity index (χ0) is 15.9. The Hall–Kier alpha value is -1.92. The molecule has 0 spiro atoms. The molecule has 0 atom stereocenters. The second kappa shape index (κ2) is 7.91. The van der Waals surface area contributed by atoms with Crippen LogP contribution in [0.2, 0.25) is 0 Å². The highest BCUT2D eigenvalue weighted by molar-refractivity contribution is 9.10. The third kappa shape index (κ3) is 4.54. The Bertz CT molecular complexity index is 704. The monoisotopic (exact) mass is 377 g/mol. The largest absolute Gasteiger partial charge is 0.496 e. The molecule has 0 amide bonds. The fourth-order valence-electron chi connectivity index (χ4n) is 1.83. The minimum Gasteiger partial charge on any atom is -0.496 e. The molecular weight excluding hydrogens is 362 g/mol. The Morgan fingerprint density at radius 3 is 2.77 bits per heavy atom. The van der Waals surface area contributed by atoms with Gasteiger partial charge in [0.25, 0.3) is 0 Å². The number of anilines is 1. The van der Waals surface area contributed by atoms with Crippen LogP contribution >= 0.6 is 28.1 Å². The summed E-state index contributed by atoms with van der Waals surface area (Å²) in [6.45, 7) is 2.01. The van der Waals surface area contributed by atoms with Crippen LogP contribution in [0.25, 0.3) is 0 Å². The van der Waals surface area contributed by atoms with Gasteiger partial charge in [0.15, 0.2) is 5.11 Å². The molecule has 2 rings (SSSR count). The normalized spacial score (nSPS) is 10.5. The van der Waals surface area contributed by atoms with Gasteiger partial charge in [-0.1, -0.05) is 34.1 Å². The minimum absolute atomic E-state index is 0.430. The van der Waals surface area contributed by atoms with Crippen molar-refractivity contribution >= 4 is 45.2 Å². The molecule has 4 nitrogen and oxygen atoms in total. The van der Waals surface area contributed by atoms with Crippen molar-refractivity contribution < 1.29 is 4.74 Å². The maximum atomic E-state index is 5.28. The van der Waals surface area contributed by atoms with E-state index in [2.05, 4.69) is 31.8 Å². The molecule has 0 fully saturated rings. The maximum absolute atomic E-state index is 5.28. The number of para-hydroxylation sites is 1. The van der Waals surface area contributed by atoms with Crippen LogP contribution in [0.15, 0.2) is 52.0 Å². The summed E-state index contributed by atoms with van der Waals surface area (Å²) in [6.07, 6.45) is 1.66. The van der Waals surface area contributed by atoms with Crippen LogP contribution in [0.3, 0.4) is 0 Å². The maximum Gasteiger partial charge on any atom is 0.191 e. The molecule has 2 aromatic rings. The summed E-state index contributed by atoms with van der Waals surface area (Å²) in [5.74, 6) is 0.742. The molecule has 114 valence electrons. The van der Waals surface area contributed by atoms with E-state index < -0.39 is 0 Å². The highest BCUT2D eigenvalue weighted by Crippen LogP contribution is 2.21. The van der Waals surface area contributed by atoms with Crippen molar-refractivity contribution in [1.29, 1.82) is 0 Å². The fourth-order valence-corrected chi connectivity index (χ4v) is 2.37. The summed E-state index contributed by atoms with van der Waals surface area (Å²) in [6, 6.07) is 13.6. The van der Waals surface area contributed by atoms with Crippen molar-refractivity contribution in [3.8, 4) is 5.75 Å². The number of methoxy groups -OCH3 is 1. The molecule has 2 N–H and O–H groups in total. The first-order valence-electron chi connectivity index (χ1n) is 6.59. The number of benzene rings is 2. The van der Waals surface area contributed by atoms with Crippen LogP contribution in [-0.4, -0.2) is 18.4 Å². The van der Waals surface area contributed by atoms with Gasteiger partial charge in [-0.3, -0.25) is 5.43 Å². The Balaban J connectivity index is 1.99. The number of ether oxygens (including phenoxy) is 1. The first-order valence-corrected chi connectivity index (χ1v) is 7.79. The lowest BCUT2D eigenvalue weighted by molar-refractivity contribution is 0.414. The van der Waals surface area contributed by atoms with Crippen molar-refractivity contribution in [2.24, 2.45) is 5.10 Å². The topological polar surface area (TPSA) is 45.6 Å². The van der Waals surface area contributed by atoms with Crippen LogP contribution in [0.1, 0.15) is 11.1 Å². The quantitative estimate of drug-likeness (QED) is 0.478. The minimum atomic E-state index is 0.430. The van der Waals surface area contributed by atoms with Gasteiger partial charge >= 0.3 is 0 Å². The highest BCUT2D eigenvalue weighted by atomic mass is 79.9. The lowest BCUT2D eigenvalue weighted by Gasteiger charge is -2.09. The SMILES string of the molecule is COc1ccc(Br)cc1/C=N\NC(=S)Nc1ccccc1C. The van der Waals surface area contributed by atoms with Gasteiger partial charge in [0.2, 0.25) is 0 Å². The molecule has 0 aromatic heterocycles. The number of aryl methyl sites for hydroxylation is 1. The third-order valence-electron chi connectivity index (χ3n) is 2.95. The first-order chi connectivity index (χ1) is 10.6. The molecule has 0 radical (unpaired) electrons. The second-order valence-electron chi connectivity index (χ2n) is 4.53. The lowest BCUT2D eigenvalue weighted by atomic mass is 10.2. The van der Waals surface area contributed by atoms with Gasteiger partial charge in [-0.05, 0) is 49.0 Å². The van der Waals surface area contributed by atoms with E-state index in [-0.39, 0.29) is 0 Å².